The van der Waals surface area contributed by atoms with E-state index in [1.165, 1.54) is 11.1 Å². The fraction of sp³-hybridized carbons (Fsp3) is 0.333. The summed E-state index contributed by atoms with van der Waals surface area (Å²) in [6, 6.07) is 8.44. The summed E-state index contributed by atoms with van der Waals surface area (Å²) in [5, 5.41) is 0. The van der Waals surface area contributed by atoms with Crippen LogP contribution in [0.5, 0.6) is 0 Å². The highest BCUT2D eigenvalue weighted by Gasteiger charge is 1.92. The SMILES string of the molecule is Cc1ccccc1CCS. The molecule has 0 heterocycles. The Morgan fingerprint density at radius 1 is 1.30 bits per heavy atom. The van der Waals surface area contributed by atoms with Crippen LogP contribution in [-0.4, -0.2) is 5.75 Å². The number of hydrogen-bond acceptors (Lipinski definition) is 1. The topological polar surface area (TPSA) is 0 Å². The van der Waals surface area contributed by atoms with Crippen molar-refractivity contribution in [3.63, 3.8) is 0 Å². The third-order valence-electron chi connectivity index (χ3n) is 1.64. The average molecular weight is 152 g/mol. The Labute approximate surface area is 67.7 Å². The molecule has 1 aromatic carbocycles. The third kappa shape index (κ3) is 1.77. The van der Waals surface area contributed by atoms with Crippen molar-refractivity contribution in [1.29, 1.82) is 0 Å². The molecule has 10 heavy (non-hydrogen) atoms. The van der Waals surface area contributed by atoms with E-state index in [-0.39, 0.29) is 0 Å². The van der Waals surface area contributed by atoms with E-state index >= 15 is 0 Å². The van der Waals surface area contributed by atoms with Gasteiger partial charge in [-0.05, 0) is 30.2 Å². The molecule has 1 aromatic rings. The van der Waals surface area contributed by atoms with Crippen molar-refractivity contribution in [2.75, 3.05) is 5.75 Å². The van der Waals surface area contributed by atoms with Gasteiger partial charge in [0, 0.05) is 0 Å². The second-order valence-electron chi connectivity index (χ2n) is 2.40. The van der Waals surface area contributed by atoms with Gasteiger partial charge in [-0.2, -0.15) is 12.6 Å². The Kier molecular flexibility index (Phi) is 2.82. The molecule has 0 radical (unpaired) electrons. The van der Waals surface area contributed by atoms with E-state index in [0.717, 1.165) is 12.2 Å². The highest BCUT2D eigenvalue weighted by Crippen LogP contribution is 2.07. The van der Waals surface area contributed by atoms with Crippen molar-refractivity contribution in [2.24, 2.45) is 0 Å². The number of aryl methyl sites for hydroxylation is 2. The zero-order valence-corrected chi connectivity index (χ0v) is 7.07. The molecule has 1 rings (SSSR count). The van der Waals surface area contributed by atoms with E-state index < -0.39 is 0 Å². The predicted molar refractivity (Wildman–Crippen MR) is 48.7 cm³/mol. The molecule has 0 nitrogen and oxygen atoms in total. The minimum absolute atomic E-state index is 0.935. The summed E-state index contributed by atoms with van der Waals surface area (Å²) in [4.78, 5) is 0. The summed E-state index contributed by atoms with van der Waals surface area (Å²) < 4.78 is 0. The zero-order chi connectivity index (χ0) is 7.40. The summed E-state index contributed by atoms with van der Waals surface area (Å²) in [5.41, 5.74) is 2.79. The van der Waals surface area contributed by atoms with E-state index in [1.54, 1.807) is 0 Å². The number of hydrogen-bond donors (Lipinski definition) is 1. The van der Waals surface area contributed by atoms with Gasteiger partial charge in [-0.25, -0.2) is 0 Å². The first kappa shape index (κ1) is 7.67. The minimum Gasteiger partial charge on any atom is -0.179 e. The van der Waals surface area contributed by atoms with Crippen LogP contribution < -0.4 is 0 Å². The molecule has 0 bridgehead atoms. The van der Waals surface area contributed by atoms with Gasteiger partial charge in [0.1, 0.15) is 0 Å². The third-order valence-corrected chi connectivity index (χ3v) is 1.87. The molecular formula is C9H12S. The van der Waals surface area contributed by atoms with E-state index in [0.29, 0.717) is 0 Å². The maximum Gasteiger partial charge on any atom is -0.00573 e. The molecule has 0 unspecified atom stereocenters. The largest absolute Gasteiger partial charge is 0.179 e. The molecule has 0 amide bonds. The van der Waals surface area contributed by atoms with Crippen molar-refractivity contribution in [3.05, 3.63) is 35.4 Å². The van der Waals surface area contributed by atoms with Crippen LogP contribution in [0.4, 0.5) is 0 Å². The maximum absolute atomic E-state index is 4.18. The Hall–Kier alpha value is -0.430. The number of thiol groups is 1. The van der Waals surface area contributed by atoms with Gasteiger partial charge in [-0.1, -0.05) is 24.3 Å². The Morgan fingerprint density at radius 2 is 2.00 bits per heavy atom. The van der Waals surface area contributed by atoms with Gasteiger partial charge in [0.15, 0.2) is 0 Å². The van der Waals surface area contributed by atoms with Gasteiger partial charge in [0.2, 0.25) is 0 Å². The van der Waals surface area contributed by atoms with Crippen LogP contribution >= 0.6 is 12.6 Å². The molecule has 1 heteroatoms. The zero-order valence-electron chi connectivity index (χ0n) is 6.17. The molecule has 0 aliphatic heterocycles. The summed E-state index contributed by atoms with van der Waals surface area (Å²) in [6.07, 6.45) is 1.08. The van der Waals surface area contributed by atoms with Crippen molar-refractivity contribution < 1.29 is 0 Å². The van der Waals surface area contributed by atoms with Gasteiger partial charge < -0.3 is 0 Å². The second-order valence-corrected chi connectivity index (χ2v) is 2.85. The Morgan fingerprint density at radius 3 is 2.60 bits per heavy atom. The summed E-state index contributed by atoms with van der Waals surface area (Å²) in [7, 11) is 0. The van der Waals surface area contributed by atoms with Gasteiger partial charge in [-0.15, -0.1) is 0 Å². The molecule has 0 fully saturated rings. The van der Waals surface area contributed by atoms with Crippen LogP contribution in [0.2, 0.25) is 0 Å². The number of benzene rings is 1. The normalized spacial score (nSPS) is 9.80. The van der Waals surface area contributed by atoms with E-state index in [4.69, 9.17) is 0 Å². The highest BCUT2D eigenvalue weighted by atomic mass is 32.1. The lowest BCUT2D eigenvalue weighted by molar-refractivity contribution is 1.13. The fourth-order valence-electron chi connectivity index (χ4n) is 1.01. The average Bonchev–Trinajstić information content (AvgIpc) is 1.94. The van der Waals surface area contributed by atoms with E-state index in [1.807, 2.05) is 0 Å². The standard InChI is InChI=1S/C9H12S/c1-8-4-2-3-5-9(8)6-7-10/h2-5,10H,6-7H2,1H3. The van der Waals surface area contributed by atoms with Gasteiger partial charge in [-0.3, -0.25) is 0 Å². The van der Waals surface area contributed by atoms with Crippen molar-refractivity contribution in [3.8, 4) is 0 Å². The molecule has 0 spiro atoms. The quantitative estimate of drug-likeness (QED) is 0.618. The molecule has 0 aliphatic rings. The lowest BCUT2D eigenvalue weighted by Crippen LogP contribution is -1.88. The van der Waals surface area contributed by atoms with Crippen LogP contribution in [0.25, 0.3) is 0 Å². The first-order chi connectivity index (χ1) is 4.84. The van der Waals surface area contributed by atoms with E-state index in [2.05, 4.69) is 43.8 Å². The maximum atomic E-state index is 4.18. The van der Waals surface area contributed by atoms with Crippen LogP contribution in [0.1, 0.15) is 11.1 Å². The fourth-order valence-corrected chi connectivity index (χ4v) is 1.25. The van der Waals surface area contributed by atoms with Crippen molar-refractivity contribution in [1.82, 2.24) is 0 Å². The van der Waals surface area contributed by atoms with Crippen LogP contribution in [0, 0.1) is 6.92 Å². The summed E-state index contributed by atoms with van der Waals surface area (Å²) in [6.45, 7) is 2.14. The van der Waals surface area contributed by atoms with Crippen LogP contribution in [0.3, 0.4) is 0 Å². The highest BCUT2D eigenvalue weighted by molar-refractivity contribution is 7.80. The van der Waals surface area contributed by atoms with Crippen molar-refractivity contribution in [2.45, 2.75) is 13.3 Å². The molecule has 0 atom stereocenters. The lowest BCUT2D eigenvalue weighted by atomic mass is 10.1. The van der Waals surface area contributed by atoms with Gasteiger partial charge >= 0.3 is 0 Å². The molecule has 0 aliphatic carbocycles. The molecular weight excluding hydrogens is 140 g/mol. The van der Waals surface area contributed by atoms with Crippen LogP contribution in [-0.2, 0) is 6.42 Å². The summed E-state index contributed by atoms with van der Waals surface area (Å²) >= 11 is 4.18. The first-order valence-corrected chi connectivity index (χ1v) is 4.13. The molecule has 0 saturated heterocycles. The molecule has 0 saturated carbocycles. The van der Waals surface area contributed by atoms with Gasteiger partial charge in [0.25, 0.3) is 0 Å². The molecule has 0 aromatic heterocycles. The summed E-state index contributed by atoms with van der Waals surface area (Å²) in [5.74, 6) is 0.935. The van der Waals surface area contributed by atoms with E-state index in [9.17, 15) is 0 Å². The van der Waals surface area contributed by atoms with Crippen LogP contribution in [0.15, 0.2) is 24.3 Å². The lowest BCUT2D eigenvalue weighted by Gasteiger charge is -2.00. The smallest absolute Gasteiger partial charge is 0.00573 e. The monoisotopic (exact) mass is 152 g/mol. The first-order valence-electron chi connectivity index (χ1n) is 3.50. The second kappa shape index (κ2) is 3.67. The number of rotatable bonds is 2. The molecule has 54 valence electrons. The molecule has 0 N–H and O–H groups in total. The minimum atomic E-state index is 0.935. The van der Waals surface area contributed by atoms with Gasteiger partial charge in [0.05, 0.1) is 0 Å². The Balaban J connectivity index is 2.81. The predicted octanol–water partition coefficient (Wildman–Crippen LogP) is 2.47. The van der Waals surface area contributed by atoms with Crippen molar-refractivity contribution >= 4 is 12.6 Å². The Bertz CT molecular complexity index is 206.